The van der Waals surface area contributed by atoms with Gasteiger partial charge < -0.3 is 30.6 Å². The van der Waals surface area contributed by atoms with E-state index in [1.807, 2.05) is 49.4 Å². The molecule has 0 aliphatic heterocycles. The fourth-order valence-corrected chi connectivity index (χ4v) is 4.10. The van der Waals surface area contributed by atoms with Crippen LogP contribution in [-0.2, 0) is 16.0 Å². The van der Waals surface area contributed by atoms with E-state index in [0.29, 0.717) is 30.2 Å². The largest absolute Gasteiger partial charge is 0.497 e. The molecule has 0 radical (unpaired) electrons. The average molecular weight is 520 g/mol. The molecule has 1 unspecified atom stereocenters. The van der Waals surface area contributed by atoms with Gasteiger partial charge in [-0.05, 0) is 61.6 Å². The minimum atomic E-state index is -0.662. The van der Waals surface area contributed by atoms with Gasteiger partial charge in [0.25, 0.3) is 5.91 Å². The first-order valence-electron chi connectivity index (χ1n) is 12.8. The number of carbonyl (C=O) groups is 2. The van der Waals surface area contributed by atoms with E-state index in [9.17, 15) is 9.59 Å². The maximum absolute atomic E-state index is 13.2. The van der Waals surface area contributed by atoms with Crippen LogP contribution in [-0.4, -0.2) is 45.2 Å². The third-order valence-electron chi connectivity index (χ3n) is 6.16. The molecule has 0 spiro atoms. The Balaban J connectivity index is 1.76. The quantitative estimate of drug-likeness (QED) is 0.299. The Kier molecular flexibility index (Phi) is 11.0. The highest BCUT2D eigenvalue weighted by Crippen LogP contribution is 2.34. The lowest BCUT2D eigenvalue weighted by Crippen LogP contribution is -2.42. The number of methoxy groups -OCH3 is 2. The molecule has 202 valence electrons. The Hall–Kier alpha value is -4.04. The third kappa shape index (κ3) is 8.24. The van der Waals surface area contributed by atoms with Crippen LogP contribution in [0.25, 0.3) is 0 Å². The first-order valence-corrected chi connectivity index (χ1v) is 12.8. The van der Waals surface area contributed by atoms with Gasteiger partial charge in [-0.3, -0.25) is 9.59 Å². The number of nitrogens with one attached hydrogen (secondary N) is 2. The third-order valence-corrected chi connectivity index (χ3v) is 6.16. The Morgan fingerprint density at radius 3 is 2.29 bits per heavy atom. The number of ether oxygens (including phenoxy) is 3. The molecule has 8 heteroatoms. The lowest BCUT2D eigenvalue weighted by Gasteiger charge is -2.24. The minimum Gasteiger partial charge on any atom is -0.497 e. The molecule has 8 nitrogen and oxygen atoms in total. The second-order valence-electron chi connectivity index (χ2n) is 8.85. The van der Waals surface area contributed by atoms with Crippen molar-refractivity contribution in [2.24, 2.45) is 5.73 Å². The standard InChI is InChI=1S/C30H37N3O5/c1-4-32-28(34)20-38-23-15-13-22(14-16-23)29(25-18-17-24(36-2)19-27(25)37-3)33-30(35)26(31)12-8-11-21-9-6-5-7-10-21/h5-7,9-10,13-19,26,29H,4,8,11-12,20,31H2,1-3H3,(H,32,34)(H,33,35)/t26-,29?/m0/s1. The lowest BCUT2D eigenvalue weighted by atomic mass is 9.96. The van der Waals surface area contributed by atoms with Crippen molar-refractivity contribution in [2.45, 2.75) is 38.3 Å². The predicted octanol–water partition coefficient (Wildman–Crippen LogP) is 3.77. The molecule has 0 aromatic heterocycles. The minimum absolute atomic E-state index is 0.0719. The van der Waals surface area contributed by atoms with E-state index in [4.69, 9.17) is 19.9 Å². The second-order valence-corrected chi connectivity index (χ2v) is 8.85. The first kappa shape index (κ1) is 28.5. The summed E-state index contributed by atoms with van der Waals surface area (Å²) in [4.78, 5) is 24.9. The molecule has 2 amide bonds. The monoisotopic (exact) mass is 519 g/mol. The van der Waals surface area contributed by atoms with Gasteiger partial charge in [0.05, 0.1) is 26.3 Å². The molecule has 0 bridgehead atoms. The number of rotatable bonds is 14. The molecular weight excluding hydrogens is 482 g/mol. The number of likely N-dealkylation sites (N-methyl/N-ethyl adjacent to an activating group) is 1. The highest BCUT2D eigenvalue weighted by atomic mass is 16.5. The highest BCUT2D eigenvalue weighted by molar-refractivity contribution is 5.82. The van der Waals surface area contributed by atoms with Crippen molar-refractivity contribution >= 4 is 11.8 Å². The Morgan fingerprint density at radius 2 is 1.63 bits per heavy atom. The summed E-state index contributed by atoms with van der Waals surface area (Å²) in [6, 6.07) is 21.6. The lowest BCUT2D eigenvalue weighted by molar-refractivity contribution is -0.123. The maximum Gasteiger partial charge on any atom is 0.257 e. The van der Waals surface area contributed by atoms with Gasteiger partial charge in [-0.2, -0.15) is 0 Å². The predicted molar refractivity (Wildman–Crippen MR) is 148 cm³/mol. The van der Waals surface area contributed by atoms with Gasteiger partial charge in [0, 0.05) is 18.2 Å². The molecule has 2 atom stereocenters. The van der Waals surface area contributed by atoms with E-state index in [1.54, 1.807) is 32.4 Å². The number of benzene rings is 3. The van der Waals surface area contributed by atoms with E-state index in [-0.39, 0.29) is 18.4 Å². The van der Waals surface area contributed by atoms with Crippen LogP contribution in [0, 0.1) is 0 Å². The number of hydrogen-bond donors (Lipinski definition) is 3. The SMILES string of the molecule is CCNC(=O)COc1ccc(C(NC(=O)[C@@H](N)CCCc2ccccc2)c2ccc(OC)cc2OC)cc1. The number of hydrogen-bond acceptors (Lipinski definition) is 6. The summed E-state index contributed by atoms with van der Waals surface area (Å²) < 4.78 is 16.5. The molecule has 0 saturated carbocycles. The van der Waals surface area contributed by atoms with E-state index < -0.39 is 12.1 Å². The summed E-state index contributed by atoms with van der Waals surface area (Å²) in [6.45, 7) is 2.32. The molecule has 0 fully saturated rings. The van der Waals surface area contributed by atoms with Gasteiger partial charge in [-0.25, -0.2) is 0 Å². The van der Waals surface area contributed by atoms with Gasteiger partial charge in [0.1, 0.15) is 17.2 Å². The van der Waals surface area contributed by atoms with E-state index >= 15 is 0 Å². The van der Waals surface area contributed by atoms with Gasteiger partial charge in [-0.15, -0.1) is 0 Å². The molecule has 4 N–H and O–H groups in total. The molecule has 0 saturated heterocycles. The summed E-state index contributed by atoms with van der Waals surface area (Å²) in [6.07, 6.45) is 2.21. The molecule has 0 heterocycles. The van der Waals surface area contributed by atoms with Crippen LogP contribution in [0.4, 0.5) is 0 Å². The number of nitrogens with two attached hydrogens (primary N) is 1. The van der Waals surface area contributed by atoms with E-state index in [0.717, 1.165) is 24.0 Å². The summed E-state index contributed by atoms with van der Waals surface area (Å²) in [5.41, 5.74) is 9.08. The van der Waals surface area contributed by atoms with Crippen molar-refractivity contribution < 1.29 is 23.8 Å². The molecular formula is C30H37N3O5. The second kappa shape index (κ2) is 14.6. The summed E-state index contributed by atoms with van der Waals surface area (Å²) in [7, 11) is 3.16. The first-order chi connectivity index (χ1) is 18.4. The highest BCUT2D eigenvalue weighted by Gasteiger charge is 2.24. The number of amides is 2. The average Bonchev–Trinajstić information content (AvgIpc) is 2.95. The molecule has 3 aromatic rings. The van der Waals surface area contributed by atoms with Crippen LogP contribution in [0.3, 0.4) is 0 Å². The van der Waals surface area contributed by atoms with E-state index in [2.05, 4.69) is 22.8 Å². The topological polar surface area (TPSA) is 112 Å². The number of carbonyl (C=O) groups excluding carboxylic acids is 2. The molecule has 3 aromatic carbocycles. The molecule has 38 heavy (non-hydrogen) atoms. The summed E-state index contributed by atoms with van der Waals surface area (Å²) in [5.74, 6) is 1.32. The Bertz CT molecular complexity index is 1170. The van der Waals surface area contributed by atoms with Crippen LogP contribution in [0.5, 0.6) is 17.2 Å². The van der Waals surface area contributed by atoms with Gasteiger partial charge in [0.15, 0.2) is 6.61 Å². The van der Waals surface area contributed by atoms with Crippen LogP contribution in [0.15, 0.2) is 72.8 Å². The Labute approximate surface area is 224 Å². The number of aryl methyl sites for hydroxylation is 1. The van der Waals surface area contributed by atoms with Gasteiger partial charge in [0.2, 0.25) is 5.91 Å². The van der Waals surface area contributed by atoms with Gasteiger partial charge >= 0.3 is 0 Å². The van der Waals surface area contributed by atoms with Crippen molar-refractivity contribution in [3.8, 4) is 17.2 Å². The summed E-state index contributed by atoms with van der Waals surface area (Å²) >= 11 is 0. The fraction of sp³-hybridized carbons (Fsp3) is 0.333. The van der Waals surface area contributed by atoms with Crippen LogP contribution in [0.1, 0.15) is 42.5 Å². The Morgan fingerprint density at radius 1 is 0.921 bits per heavy atom. The smallest absolute Gasteiger partial charge is 0.257 e. The van der Waals surface area contributed by atoms with Crippen LogP contribution >= 0.6 is 0 Å². The maximum atomic E-state index is 13.2. The van der Waals surface area contributed by atoms with Crippen LogP contribution < -0.4 is 30.6 Å². The van der Waals surface area contributed by atoms with Gasteiger partial charge in [-0.1, -0.05) is 42.5 Å². The van der Waals surface area contributed by atoms with Crippen molar-refractivity contribution in [1.82, 2.24) is 10.6 Å². The molecule has 0 aliphatic rings. The zero-order chi connectivity index (χ0) is 27.3. The van der Waals surface area contributed by atoms with E-state index in [1.165, 1.54) is 5.56 Å². The molecule has 0 aliphatic carbocycles. The van der Waals surface area contributed by atoms with Crippen molar-refractivity contribution in [2.75, 3.05) is 27.4 Å². The fourth-order valence-electron chi connectivity index (χ4n) is 4.10. The zero-order valence-corrected chi connectivity index (χ0v) is 22.2. The van der Waals surface area contributed by atoms with Crippen molar-refractivity contribution in [3.05, 3.63) is 89.5 Å². The van der Waals surface area contributed by atoms with Crippen LogP contribution in [0.2, 0.25) is 0 Å². The molecule has 3 rings (SSSR count). The normalized spacial score (nSPS) is 12.2. The zero-order valence-electron chi connectivity index (χ0n) is 22.2. The summed E-state index contributed by atoms with van der Waals surface area (Å²) in [5, 5.41) is 5.80. The van der Waals surface area contributed by atoms with Crippen molar-refractivity contribution in [1.29, 1.82) is 0 Å². The van der Waals surface area contributed by atoms with Crippen molar-refractivity contribution in [3.63, 3.8) is 0 Å².